The molecular weight excluding hydrogens is 436 g/mol. The van der Waals surface area contributed by atoms with Gasteiger partial charge in [0.2, 0.25) is 6.29 Å². The Labute approximate surface area is 190 Å². The van der Waals surface area contributed by atoms with Crippen molar-refractivity contribution < 1.29 is 49.6 Å². The summed E-state index contributed by atoms with van der Waals surface area (Å²) in [6.07, 6.45) is -7.36. The molecular formula is C23H30O10. The molecule has 3 rings (SSSR count). The van der Waals surface area contributed by atoms with Gasteiger partial charge in [-0.15, -0.1) is 0 Å². The van der Waals surface area contributed by atoms with Gasteiger partial charge in [0.25, 0.3) is 0 Å². The molecule has 0 aromatic heterocycles. The predicted octanol–water partition coefficient (Wildman–Crippen LogP) is 0.214. The Bertz CT molecular complexity index is 997. The summed E-state index contributed by atoms with van der Waals surface area (Å²) < 4.78 is 16.3. The van der Waals surface area contributed by atoms with E-state index in [2.05, 4.69) is 0 Å². The van der Waals surface area contributed by atoms with Crippen LogP contribution in [0.5, 0.6) is 11.5 Å². The molecule has 1 fully saturated rings. The summed E-state index contributed by atoms with van der Waals surface area (Å²) in [7, 11) is 1.16. The van der Waals surface area contributed by atoms with Crippen molar-refractivity contribution >= 4 is 16.7 Å². The fourth-order valence-electron chi connectivity index (χ4n) is 3.85. The normalized spacial score (nSPS) is 25.8. The summed E-state index contributed by atoms with van der Waals surface area (Å²) in [5.41, 5.74) is -1.08. The minimum absolute atomic E-state index is 0.0670. The molecule has 0 bridgehead atoms. The Hall–Kier alpha value is -2.47. The number of carbonyl (C=O) groups is 1. The fourth-order valence-corrected chi connectivity index (χ4v) is 3.85. The molecule has 0 amide bonds. The first-order chi connectivity index (χ1) is 15.5. The molecule has 1 heterocycles. The summed E-state index contributed by atoms with van der Waals surface area (Å²) in [4.78, 5) is 12.6. The summed E-state index contributed by atoms with van der Waals surface area (Å²) in [6, 6.07) is 6.52. The van der Waals surface area contributed by atoms with Gasteiger partial charge in [-0.1, -0.05) is 24.3 Å². The Morgan fingerprint density at radius 1 is 1.09 bits per heavy atom. The van der Waals surface area contributed by atoms with Crippen molar-refractivity contribution in [2.24, 2.45) is 0 Å². The van der Waals surface area contributed by atoms with Crippen molar-refractivity contribution in [1.82, 2.24) is 0 Å². The van der Waals surface area contributed by atoms with Crippen molar-refractivity contribution in [3.05, 3.63) is 35.4 Å². The van der Waals surface area contributed by atoms with E-state index in [-0.39, 0.29) is 40.9 Å². The monoisotopic (exact) mass is 466 g/mol. The molecule has 0 unspecified atom stereocenters. The van der Waals surface area contributed by atoms with Gasteiger partial charge in [-0.05, 0) is 26.7 Å². The number of esters is 1. The lowest BCUT2D eigenvalue weighted by molar-refractivity contribution is -0.277. The standard InChI is InChI=1S/C23H30O10/c1-23(2,30)9-8-13-15(21(29)31-3)16(25)11-6-4-5-7-12(11)20(13)33-22-19(28)18(27)17(26)14(10-24)32-22/h4-7,14,17-19,22,24-28,30H,8-10H2,1-3H3/t14-,17-,18+,19-,22+/m0/s1. The number of aliphatic hydroxyl groups excluding tert-OH is 4. The van der Waals surface area contributed by atoms with Gasteiger partial charge in [0.05, 0.1) is 19.3 Å². The molecule has 10 nitrogen and oxygen atoms in total. The molecule has 2 aromatic rings. The summed E-state index contributed by atoms with van der Waals surface area (Å²) in [5, 5.41) is 61.9. The molecule has 0 saturated carbocycles. The maximum atomic E-state index is 12.6. The Morgan fingerprint density at radius 2 is 1.73 bits per heavy atom. The number of hydrogen-bond donors (Lipinski definition) is 6. The van der Waals surface area contributed by atoms with Crippen molar-refractivity contribution in [3.8, 4) is 11.5 Å². The number of aliphatic hydroxyl groups is 5. The van der Waals surface area contributed by atoms with E-state index in [0.717, 1.165) is 7.11 Å². The van der Waals surface area contributed by atoms with Crippen LogP contribution in [0.25, 0.3) is 10.8 Å². The highest BCUT2D eigenvalue weighted by molar-refractivity contribution is 6.05. The minimum Gasteiger partial charge on any atom is -0.506 e. The number of benzene rings is 2. The highest BCUT2D eigenvalue weighted by atomic mass is 16.7. The van der Waals surface area contributed by atoms with Gasteiger partial charge < -0.3 is 44.8 Å². The van der Waals surface area contributed by atoms with Gasteiger partial charge in [-0.3, -0.25) is 0 Å². The average Bonchev–Trinajstić information content (AvgIpc) is 2.78. The largest absolute Gasteiger partial charge is 0.506 e. The fraction of sp³-hybridized carbons (Fsp3) is 0.522. The lowest BCUT2D eigenvalue weighted by atomic mass is 9.91. The van der Waals surface area contributed by atoms with E-state index in [4.69, 9.17) is 14.2 Å². The number of fused-ring (bicyclic) bond motifs is 1. The molecule has 10 heteroatoms. The van der Waals surface area contributed by atoms with Gasteiger partial charge in [-0.2, -0.15) is 0 Å². The van der Waals surface area contributed by atoms with E-state index in [1.165, 1.54) is 0 Å². The second-order valence-electron chi connectivity index (χ2n) is 8.70. The zero-order valence-electron chi connectivity index (χ0n) is 18.6. The van der Waals surface area contributed by atoms with Crippen LogP contribution in [-0.4, -0.2) is 86.6 Å². The van der Waals surface area contributed by atoms with Crippen LogP contribution in [0.4, 0.5) is 0 Å². The van der Waals surface area contributed by atoms with Crippen LogP contribution in [0.3, 0.4) is 0 Å². The van der Waals surface area contributed by atoms with Gasteiger partial charge in [0.1, 0.15) is 41.5 Å². The zero-order chi connectivity index (χ0) is 24.5. The van der Waals surface area contributed by atoms with Crippen molar-refractivity contribution in [3.63, 3.8) is 0 Å². The third-order valence-corrected chi connectivity index (χ3v) is 5.70. The maximum absolute atomic E-state index is 12.6. The summed E-state index contributed by atoms with van der Waals surface area (Å²) in [6.45, 7) is 2.54. The number of aromatic hydroxyl groups is 1. The van der Waals surface area contributed by atoms with E-state index >= 15 is 0 Å². The minimum atomic E-state index is -1.68. The van der Waals surface area contributed by atoms with Crippen molar-refractivity contribution in [2.75, 3.05) is 13.7 Å². The molecule has 0 radical (unpaired) electrons. The number of phenols is 1. The second kappa shape index (κ2) is 9.80. The predicted molar refractivity (Wildman–Crippen MR) is 116 cm³/mol. The first-order valence-electron chi connectivity index (χ1n) is 10.5. The maximum Gasteiger partial charge on any atom is 0.342 e. The Balaban J connectivity index is 2.19. The van der Waals surface area contributed by atoms with Crippen molar-refractivity contribution in [2.45, 2.75) is 63.0 Å². The third kappa shape index (κ3) is 5.06. The molecule has 6 N–H and O–H groups in total. The van der Waals surface area contributed by atoms with E-state index in [1.807, 2.05) is 0 Å². The van der Waals surface area contributed by atoms with E-state index in [0.29, 0.717) is 5.39 Å². The number of rotatable bonds is 7. The molecule has 2 aromatic carbocycles. The van der Waals surface area contributed by atoms with E-state index < -0.39 is 48.9 Å². The number of ether oxygens (including phenoxy) is 3. The number of phenolic OH excluding ortho intramolecular Hbond substituents is 1. The zero-order valence-corrected chi connectivity index (χ0v) is 18.6. The Morgan fingerprint density at radius 3 is 2.30 bits per heavy atom. The molecule has 0 aliphatic carbocycles. The first-order valence-corrected chi connectivity index (χ1v) is 10.5. The van der Waals surface area contributed by atoms with Crippen LogP contribution >= 0.6 is 0 Å². The van der Waals surface area contributed by atoms with Crippen LogP contribution in [0.1, 0.15) is 36.2 Å². The first kappa shape index (κ1) is 25.2. The van der Waals surface area contributed by atoms with E-state index in [1.54, 1.807) is 38.1 Å². The van der Waals surface area contributed by atoms with Crippen LogP contribution in [0.15, 0.2) is 24.3 Å². The number of carbonyl (C=O) groups excluding carboxylic acids is 1. The SMILES string of the molecule is COC(=O)c1c(CCC(C)(C)O)c(O[C@H]2O[C@@H](CO)[C@H](O)[C@@H](O)[C@@H]2O)c2ccccc2c1O. The molecule has 1 aliphatic heterocycles. The Kier molecular flexibility index (Phi) is 7.47. The molecule has 182 valence electrons. The van der Waals surface area contributed by atoms with Crippen LogP contribution in [0, 0.1) is 0 Å². The number of hydrogen-bond acceptors (Lipinski definition) is 10. The molecule has 33 heavy (non-hydrogen) atoms. The second-order valence-corrected chi connectivity index (χ2v) is 8.70. The summed E-state index contributed by atoms with van der Waals surface area (Å²) >= 11 is 0. The highest BCUT2D eigenvalue weighted by Gasteiger charge is 2.45. The van der Waals surface area contributed by atoms with Gasteiger partial charge in [-0.25, -0.2) is 4.79 Å². The molecule has 1 saturated heterocycles. The molecule has 5 atom stereocenters. The smallest absolute Gasteiger partial charge is 0.342 e. The van der Waals surface area contributed by atoms with Crippen molar-refractivity contribution in [1.29, 1.82) is 0 Å². The molecule has 1 aliphatic rings. The van der Waals surface area contributed by atoms with Gasteiger partial charge in [0.15, 0.2) is 0 Å². The summed E-state index contributed by atoms with van der Waals surface area (Å²) in [5.74, 6) is -1.09. The highest BCUT2D eigenvalue weighted by Crippen LogP contribution is 2.43. The topological polar surface area (TPSA) is 166 Å². The van der Waals surface area contributed by atoms with Gasteiger partial charge >= 0.3 is 5.97 Å². The average molecular weight is 466 g/mol. The molecule has 0 spiro atoms. The van der Waals surface area contributed by atoms with E-state index in [9.17, 15) is 35.4 Å². The lowest BCUT2D eigenvalue weighted by Crippen LogP contribution is -2.60. The van der Waals surface area contributed by atoms with Crippen LogP contribution in [0.2, 0.25) is 0 Å². The van der Waals surface area contributed by atoms with Gasteiger partial charge in [0, 0.05) is 16.3 Å². The quantitative estimate of drug-likeness (QED) is 0.311. The third-order valence-electron chi connectivity index (χ3n) is 5.70. The van der Waals surface area contributed by atoms with Crippen LogP contribution in [-0.2, 0) is 15.9 Å². The number of methoxy groups -OCH3 is 1. The van der Waals surface area contributed by atoms with Crippen LogP contribution < -0.4 is 4.74 Å². The lowest BCUT2D eigenvalue weighted by Gasteiger charge is -2.40.